The zero-order valence-electron chi connectivity index (χ0n) is 14.6. The summed E-state index contributed by atoms with van der Waals surface area (Å²) in [5.74, 6) is 0. The Labute approximate surface area is 157 Å². The fourth-order valence-electron chi connectivity index (χ4n) is 2.82. The Balaban J connectivity index is 1.80. The summed E-state index contributed by atoms with van der Waals surface area (Å²) < 4.78 is 1.73. The Morgan fingerprint density at radius 3 is 2.50 bits per heavy atom. The van der Waals surface area contributed by atoms with Gasteiger partial charge in [-0.05, 0) is 61.1 Å². The highest BCUT2D eigenvalue weighted by molar-refractivity contribution is 8.00. The van der Waals surface area contributed by atoms with Gasteiger partial charge in [-0.3, -0.25) is 0 Å². The standard InChI is InChI=1S/C19H23N5OS/c25-21-17-14-10-5-3-1-2-4-6-11-15-18(17)26-19-20-22-23-24(19)16-12-8-7-9-13-16/h3-9,12-13,18,25H,1-2,10-11,14-15H2. The molecule has 7 heteroatoms. The molecule has 0 aliphatic heterocycles. The second kappa shape index (κ2) is 9.91. The number of hydrogen-bond donors (Lipinski definition) is 1. The molecule has 0 saturated heterocycles. The first-order chi connectivity index (χ1) is 12.9. The maximum absolute atomic E-state index is 9.56. The maximum Gasteiger partial charge on any atom is 0.214 e. The van der Waals surface area contributed by atoms with Crippen LogP contribution in [0.15, 0.2) is 64.9 Å². The molecular weight excluding hydrogens is 346 g/mol. The minimum atomic E-state index is 0.0333. The monoisotopic (exact) mass is 369 g/mol. The van der Waals surface area contributed by atoms with E-state index in [1.807, 2.05) is 30.3 Å². The lowest BCUT2D eigenvalue weighted by molar-refractivity contribution is 0.316. The van der Waals surface area contributed by atoms with E-state index in [-0.39, 0.29) is 5.25 Å². The molecule has 0 bridgehead atoms. The van der Waals surface area contributed by atoms with E-state index < -0.39 is 0 Å². The van der Waals surface area contributed by atoms with Gasteiger partial charge < -0.3 is 5.21 Å². The molecule has 6 nitrogen and oxygen atoms in total. The van der Waals surface area contributed by atoms with Crippen molar-refractivity contribution in [3.63, 3.8) is 0 Å². The van der Waals surface area contributed by atoms with E-state index in [1.54, 1.807) is 16.4 Å². The first-order valence-corrected chi connectivity index (χ1v) is 9.77. The predicted octanol–water partition coefficient (Wildman–Crippen LogP) is 4.42. The molecule has 1 aromatic carbocycles. The summed E-state index contributed by atoms with van der Waals surface area (Å²) in [4.78, 5) is 0. The highest BCUT2D eigenvalue weighted by Crippen LogP contribution is 2.28. The van der Waals surface area contributed by atoms with E-state index in [0.29, 0.717) is 5.16 Å². The van der Waals surface area contributed by atoms with Gasteiger partial charge in [0.05, 0.1) is 16.6 Å². The third kappa shape index (κ3) is 5.05. The largest absolute Gasteiger partial charge is 0.411 e. The summed E-state index contributed by atoms with van der Waals surface area (Å²) in [5, 5.41) is 26.0. The van der Waals surface area contributed by atoms with Crippen LogP contribution in [0.5, 0.6) is 0 Å². The third-order valence-corrected chi connectivity index (χ3v) is 5.44. The molecule has 2 aromatic rings. The number of thioether (sulfide) groups is 1. The molecule has 0 radical (unpaired) electrons. The Hall–Kier alpha value is -2.41. The molecule has 136 valence electrons. The lowest BCUT2D eigenvalue weighted by atomic mass is 10.1. The van der Waals surface area contributed by atoms with Crippen LogP contribution >= 0.6 is 11.8 Å². The number of allylic oxidation sites excluding steroid dienone is 4. The average molecular weight is 369 g/mol. The highest BCUT2D eigenvalue weighted by Gasteiger charge is 2.21. The molecule has 0 amide bonds. The van der Waals surface area contributed by atoms with Crippen molar-refractivity contribution in [3.8, 4) is 5.69 Å². The van der Waals surface area contributed by atoms with E-state index in [2.05, 4.69) is 45.0 Å². The molecule has 0 fully saturated rings. The normalized spacial score (nSPS) is 20.6. The first-order valence-electron chi connectivity index (χ1n) is 8.90. The van der Waals surface area contributed by atoms with Crippen LogP contribution in [-0.4, -0.2) is 36.4 Å². The van der Waals surface area contributed by atoms with Crippen molar-refractivity contribution in [2.45, 2.75) is 48.9 Å². The average Bonchev–Trinajstić information content (AvgIpc) is 3.13. The molecular formula is C19H23N5OS. The number of tetrazole rings is 1. The van der Waals surface area contributed by atoms with Gasteiger partial charge in [-0.2, -0.15) is 4.68 Å². The molecule has 1 atom stereocenters. The SMILES string of the molecule is ON=C1CCC=CCCC=CCCC1Sc1nnnn1-c1ccccc1. The van der Waals surface area contributed by atoms with Crippen LogP contribution in [0.25, 0.3) is 5.69 Å². The van der Waals surface area contributed by atoms with Crippen LogP contribution < -0.4 is 0 Å². The number of benzene rings is 1. The second-order valence-electron chi connectivity index (χ2n) is 6.04. The lowest BCUT2D eigenvalue weighted by Crippen LogP contribution is -2.18. The molecule has 1 unspecified atom stereocenters. The van der Waals surface area contributed by atoms with Crippen molar-refractivity contribution in [1.82, 2.24) is 20.2 Å². The molecule has 1 N–H and O–H groups in total. The van der Waals surface area contributed by atoms with Crippen LogP contribution in [0.4, 0.5) is 0 Å². The fourth-order valence-corrected chi connectivity index (χ4v) is 3.96. The number of para-hydroxylation sites is 1. The zero-order chi connectivity index (χ0) is 18.0. The van der Waals surface area contributed by atoms with Crippen molar-refractivity contribution in [2.24, 2.45) is 5.16 Å². The number of oxime groups is 1. The summed E-state index contributed by atoms with van der Waals surface area (Å²) in [7, 11) is 0. The fraction of sp³-hybridized carbons (Fsp3) is 0.368. The van der Waals surface area contributed by atoms with Gasteiger partial charge in [-0.25, -0.2) is 0 Å². The van der Waals surface area contributed by atoms with Gasteiger partial charge in [0.15, 0.2) is 0 Å². The van der Waals surface area contributed by atoms with Gasteiger partial charge >= 0.3 is 0 Å². The molecule has 1 aromatic heterocycles. The lowest BCUT2D eigenvalue weighted by Gasteiger charge is -2.16. The third-order valence-electron chi connectivity index (χ3n) is 4.19. The van der Waals surface area contributed by atoms with Crippen LogP contribution in [0.3, 0.4) is 0 Å². The summed E-state index contributed by atoms with van der Waals surface area (Å²) >= 11 is 1.55. The van der Waals surface area contributed by atoms with Crippen molar-refractivity contribution in [1.29, 1.82) is 0 Å². The van der Waals surface area contributed by atoms with E-state index >= 15 is 0 Å². The van der Waals surface area contributed by atoms with Crippen molar-refractivity contribution in [2.75, 3.05) is 0 Å². The first kappa shape index (κ1) is 18.4. The molecule has 1 aliphatic carbocycles. The van der Waals surface area contributed by atoms with Gasteiger partial charge in [-0.15, -0.1) is 5.10 Å². The van der Waals surface area contributed by atoms with Crippen molar-refractivity contribution >= 4 is 17.5 Å². The summed E-state index contributed by atoms with van der Waals surface area (Å²) in [5.41, 5.74) is 1.70. The van der Waals surface area contributed by atoms with Crippen LogP contribution in [0.2, 0.25) is 0 Å². The number of rotatable bonds is 3. The molecule has 0 saturated carbocycles. The minimum absolute atomic E-state index is 0.0333. The van der Waals surface area contributed by atoms with Crippen molar-refractivity contribution < 1.29 is 5.21 Å². The molecule has 0 spiro atoms. The number of nitrogens with zero attached hydrogens (tertiary/aromatic N) is 5. The molecule has 26 heavy (non-hydrogen) atoms. The Kier molecular flexibility index (Phi) is 7.01. The molecule has 3 rings (SSSR count). The van der Waals surface area contributed by atoms with E-state index in [0.717, 1.165) is 49.9 Å². The summed E-state index contributed by atoms with van der Waals surface area (Å²) in [6, 6.07) is 9.81. The smallest absolute Gasteiger partial charge is 0.214 e. The summed E-state index contributed by atoms with van der Waals surface area (Å²) in [6.45, 7) is 0. The Morgan fingerprint density at radius 2 is 1.73 bits per heavy atom. The Bertz CT molecular complexity index is 769. The van der Waals surface area contributed by atoms with Crippen molar-refractivity contribution in [3.05, 3.63) is 54.6 Å². The Morgan fingerprint density at radius 1 is 1.00 bits per heavy atom. The van der Waals surface area contributed by atoms with Crippen LogP contribution in [0, 0.1) is 0 Å². The second-order valence-corrected chi connectivity index (χ2v) is 7.21. The van der Waals surface area contributed by atoms with Gasteiger partial charge in [0.1, 0.15) is 0 Å². The quantitative estimate of drug-likeness (QED) is 0.492. The molecule has 1 aliphatic rings. The van der Waals surface area contributed by atoms with Crippen LogP contribution in [0.1, 0.15) is 38.5 Å². The van der Waals surface area contributed by atoms with Gasteiger partial charge in [0, 0.05) is 0 Å². The van der Waals surface area contributed by atoms with E-state index in [9.17, 15) is 5.21 Å². The van der Waals surface area contributed by atoms with E-state index in [1.165, 1.54) is 0 Å². The molecule has 1 heterocycles. The number of aromatic nitrogens is 4. The number of hydrogen-bond acceptors (Lipinski definition) is 6. The van der Waals surface area contributed by atoms with Gasteiger partial charge in [0.25, 0.3) is 0 Å². The van der Waals surface area contributed by atoms with E-state index in [4.69, 9.17) is 0 Å². The van der Waals surface area contributed by atoms with Crippen LogP contribution in [-0.2, 0) is 0 Å². The predicted molar refractivity (Wildman–Crippen MR) is 104 cm³/mol. The topological polar surface area (TPSA) is 76.2 Å². The summed E-state index contributed by atoms with van der Waals surface area (Å²) in [6.07, 6.45) is 14.4. The zero-order valence-corrected chi connectivity index (χ0v) is 15.4. The minimum Gasteiger partial charge on any atom is -0.411 e. The van der Waals surface area contributed by atoms with Gasteiger partial charge in [-0.1, -0.05) is 59.4 Å². The maximum atomic E-state index is 9.56. The van der Waals surface area contributed by atoms with Gasteiger partial charge in [0.2, 0.25) is 5.16 Å². The highest BCUT2D eigenvalue weighted by atomic mass is 32.2.